The molecule has 1 fully saturated rings. The fourth-order valence-electron chi connectivity index (χ4n) is 1.62. The molecule has 1 saturated carbocycles. The molecule has 1 aromatic rings. The third-order valence-electron chi connectivity index (χ3n) is 2.71. The SMILES string of the molecule is CCNS(=O)(=O)Nc1ccc(CNC2CC2)cc1. The van der Waals surface area contributed by atoms with Gasteiger partial charge in [0.25, 0.3) is 10.2 Å². The lowest BCUT2D eigenvalue weighted by Crippen LogP contribution is -2.29. The van der Waals surface area contributed by atoms with Gasteiger partial charge < -0.3 is 5.32 Å². The Labute approximate surface area is 108 Å². The van der Waals surface area contributed by atoms with Crippen molar-refractivity contribution in [3.63, 3.8) is 0 Å². The van der Waals surface area contributed by atoms with E-state index in [0.717, 1.165) is 12.1 Å². The van der Waals surface area contributed by atoms with Gasteiger partial charge in [0, 0.05) is 24.8 Å². The van der Waals surface area contributed by atoms with E-state index in [2.05, 4.69) is 14.8 Å². The van der Waals surface area contributed by atoms with E-state index in [9.17, 15) is 8.42 Å². The molecule has 0 atom stereocenters. The van der Waals surface area contributed by atoms with Gasteiger partial charge in [-0.15, -0.1) is 0 Å². The summed E-state index contributed by atoms with van der Waals surface area (Å²) in [6, 6.07) is 8.09. The van der Waals surface area contributed by atoms with Crippen molar-refractivity contribution in [3.8, 4) is 0 Å². The molecule has 0 heterocycles. The number of rotatable bonds is 7. The second-order valence-electron chi connectivity index (χ2n) is 4.46. The zero-order valence-electron chi connectivity index (χ0n) is 10.4. The second kappa shape index (κ2) is 5.69. The van der Waals surface area contributed by atoms with Crippen LogP contribution in [0, 0.1) is 0 Å². The van der Waals surface area contributed by atoms with Crippen LogP contribution in [0.15, 0.2) is 24.3 Å². The van der Waals surface area contributed by atoms with Crippen LogP contribution in [-0.4, -0.2) is 21.0 Å². The van der Waals surface area contributed by atoms with Gasteiger partial charge in [-0.1, -0.05) is 19.1 Å². The van der Waals surface area contributed by atoms with Crippen molar-refractivity contribution >= 4 is 15.9 Å². The van der Waals surface area contributed by atoms with E-state index in [0.29, 0.717) is 18.3 Å². The minimum Gasteiger partial charge on any atom is -0.310 e. The molecule has 2 rings (SSSR count). The molecule has 0 saturated heterocycles. The van der Waals surface area contributed by atoms with Crippen LogP contribution < -0.4 is 14.8 Å². The molecule has 0 aliphatic heterocycles. The van der Waals surface area contributed by atoms with E-state index in [1.54, 1.807) is 19.1 Å². The zero-order chi connectivity index (χ0) is 13.0. The summed E-state index contributed by atoms with van der Waals surface area (Å²) in [5.41, 5.74) is 1.74. The molecular weight excluding hydrogens is 250 g/mol. The Morgan fingerprint density at radius 2 is 1.89 bits per heavy atom. The second-order valence-corrected chi connectivity index (χ2v) is 5.96. The maximum Gasteiger partial charge on any atom is 0.299 e. The molecule has 0 amide bonds. The zero-order valence-corrected chi connectivity index (χ0v) is 11.3. The molecule has 100 valence electrons. The van der Waals surface area contributed by atoms with E-state index in [1.165, 1.54) is 12.8 Å². The Morgan fingerprint density at radius 1 is 1.22 bits per heavy atom. The largest absolute Gasteiger partial charge is 0.310 e. The Balaban J connectivity index is 1.90. The summed E-state index contributed by atoms with van der Waals surface area (Å²) in [4.78, 5) is 0. The van der Waals surface area contributed by atoms with E-state index >= 15 is 0 Å². The first-order valence-electron chi connectivity index (χ1n) is 6.19. The Morgan fingerprint density at radius 3 is 2.44 bits per heavy atom. The quantitative estimate of drug-likeness (QED) is 0.696. The molecular formula is C12H19N3O2S. The minimum absolute atomic E-state index is 0.374. The van der Waals surface area contributed by atoms with Crippen molar-refractivity contribution in [1.82, 2.24) is 10.0 Å². The van der Waals surface area contributed by atoms with Gasteiger partial charge in [-0.25, -0.2) is 0 Å². The van der Waals surface area contributed by atoms with E-state index in [1.807, 2.05) is 12.1 Å². The van der Waals surface area contributed by atoms with Gasteiger partial charge in [-0.2, -0.15) is 13.1 Å². The summed E-state index contributed by atoms with van der Waals surface area (Å²) in [5, 5.41) is 3.41. The van der Waals surface area contributed by atoms with Crippen LogP contribution in [0.1, 0.15) is 25.3 Å². The lowest BCUT2D eigenvalue weighted by atomic mass is 10.2. The Bertz CT molecular complexity index is 481. The van der Waals surface area contributed by atoms with Crippen LogP contribution >= 0.6 is 0 Å². The predicted octanol–water partition coefficient (Wildman–Crippen LogP) is 1.20. The van der Waals surface area contributed by atoms with Crippen LogP contribution in [-0.2, 0) is 16.8 Å². The van der Waals surface area contributed by atoms with Gasteiger partial charge in [-0.05, 0) is 30.5 Å². The molecule has 1 aliphatic rings. The standard InChI is InChI=1S/C12H19N3O2S/c1-2-14-18(16,17)15-12-5-3-10(4-6-12)9-13-11-7-8-11/h3-6,11,13-15H,2,7-9H2,1H3. The summed E-state index contributed by atoms with van der Waals surface area (Å²) >= 11 is 0. The van der Waals surface area contributed by atoms with Gasteiger partial charge >= 0.3 is 0 Å². The van der Waals surface area contributed by atoms with E-state index < -0.39 is 10.2 Å². The van der Waals surface area contributed by atoms with Crippen LogP contribution in [0.25, 0.3) is 0 Å². The van der Waals surface area contributed by atoms with Gasteiger partial charge in [0.15, 0.2) is 0 Å². The van der Waals surface area contributed by atoms with Crippen LogP contribution in [0.5, 0.6) is 0 Å². The highest BCUT2D eigenvalue weighted by atomic mass is 32.2. The van der Waals surface area contributed by atoms with Gasteiger partial charge in [0.05, 0.1) is 0 Å². The van der Waals surface area contributed by atoms with Crippen molar-refractivity contribution < 1.29 is 8.42 Å². The molecule has 6 heteroatoms. The maximum atomic E-state index is 11.5. The molecule has 0 aromatic heterocycles. The summed E-state index contributed by atoms with van der Waals surface area (Å²) < 4.78 is 27.8. The molecule has 0 bridgehead atoms. The number of nitrogens with one attached hydrogen (secondary N) is 3. The predicted molar refractivity (Wildman–Crippen MR) is 72.5 cm³/mol. The third kappa shape index (κ3) is 4.29. The lowest BCUT2D eigenvalue weighted by Gasteiger charge is -2.09. The van der Waals surface area contributed by atoms with Crippen molar-refractivity contribution in [2.75, 3.05) is 11.3 Å². The summed E-state index contributed by atoms with van der Waals surface area (Å²) in [6.45, 7) is 2.95. The number of benzene rings is 1. The van der Waals surface area contributed by atoms with Crippen LogP contribution in [0.2, 0.25) is 0 Å². The molecule has 18 heavy (non-hydrogen) atoms. The Hall–Kier alpha value is -1.11. The van der Waals surface area contributed by atoms with Crippen molar-refractivity contribution in [1.29, 1.82) is 0 Å². The van der Waals surface area contributed by atoms with Gasteiger partial charge in [0.2, 0.25) is 0 Å². The maximum absolute atomic E-state index is 11.5. The molecule has 0 spiro atoms. The smallest absolute Gasteiger partial charge is 0.299 e. The first-order chi connectivity index (χ1) is 8.59. The monoisotopic (exact) mass is 269 g/mol. The van der Waals surface area contributed by atoms with Gasteiger partial charge in [0.1, 0.15) is 0 Å². The molecule has 1 aliphatic carbocycles. The van der Waals surface area contributed by atoms with Crippen molar-refractivity contribution in [2.24, 2.45) is 0 Å². The summed E-state index contributed by atoms with van der Waals surface area (Å²) in [5.74, 6) is 0. The molecule has 0 radical (unpaired) electrons. The fraction of sp³-hybridized carbons (Fsp3) is 0.500. The highest BCUT2D eigenvalue weighted by molar-refractivity contribution is 7.90. The molecule has 3 N–H and O–H groups in total. The number of anilines is 1. The van der Waals surface area contributed by atoms with E-state index in [4.69, 9.17) is 0 Å². The van der Waals surface area contributed by atoms with Crippen molar-refractivity contribution in [3.05, 3.63) is 29.8 Å². The topological polar surface area (TPSA) is 70.2 Å². The first-order valence-corrected chi connectivity index (χ1v) is 7.67. The highest BCUT2D eigenvalue weighted by Crippen LogP contribution is 2.19. The average molecular weight is 269 g/mol. The number of hydrogen-bond acceptors (Lipinski definition) is 3. The van der Waals surface area contributed by atoms with Gasteiger partial charge in [-0.3, -0.25) is 4.72 Å². The molecule has 0 unspecified atom stereocenters. The lowest BCUT2D eigenvalue weighted by molar-refractivity contribution is 0.589. The first kappa shape index (κ1) is 13.3. The Kier molecular flexibility index (Phi) is 4.21. The fourth-order valence-corrected chi connectivity index (χ4v) is 2.52. The van der Waals surface area contributed by atoms with Crippen LogP contribution in [0.3, 0.4) is 0 Å². The average Bonchev–Trinajstić information content (AvgIpc) is 3.11. The van der Waals surface area contributed by atoms with Crippen molar-refractivity contribution in [2.45, 2.75) is 32.4 Å². The third-order valence-corrected chi connectivity index (χ3v) is 3.89. The summed E-state index contributed by atoms with van der Waals surface area (Å²) in [7, 11) is -3.43. The highest BCUT2D eigenvalue weighted by Gasteiger charge is 2.19. The molecule has 5 nitrogen and oxygen atoms in total. The van der Waals surface area contributed by atoms with E-state index in [-0.39, 0.29) is 0 Å². The minimum atomic E-state index is -3.43. The van der Waals surface area contributed by atoms with Crippen LogP contribution in [0.4, 0.5) is 5.69 Å². The molecule has 1 aromatic carbocycles. The number of hydrogen-bond donors (Lipinski definition) is 3. The summed E-state index contributed by atoms with van der Waals surface area (Å²) in [6.07, 6.45) is 2.53. The normalized spacial score (nSPS) is 15.6.